The molecule has 0 bridgehead atoms. The molecule has 0 atom stereocenters. The van der Waals surface area contributed by atoms with Gasteiger partial charge in [0.15, 0.2) is 0 Å². The Morgan fingerprint density at radius 1 is 1.20 bits per heavy atom. The molecule has 7 heteroatoms. The van der Waals surface area contributed by atoms with Crippen molar-refractivity contribution in [1.82, 2.24) is 14.9 Å². The maximum absolute atomic E-state index is 12.2. The molecule has 0 aliphatic carbocycles. The van der Waals surface area contributed by atoms with Gasteiger partial charge in [0.05, 0.1) is 17.4 Å². The Kier molecular flexibility index (Phi) is 3.67. The number of hydrogen-bond donors (Lipinski definition) is 4. The van der Waals surface area contributed by atoms with Crippen LogP contribution in [0.1, 0.15) is 16.1 Å². The van der Waals surface area contributed by atoms with Crippen LogP contribution in [-0.4, -0.2) is 45.1 Å². The molecule has 1 fully saturated rings. The van der Waals surface area contributed by atoms with Crippen molar-refractivity contribution in [1.29, 1.82) is 0 Å². The van der Waals surface area contributed by atoms with Gasteiger partial charge >= 0.3 is 0 Å². The summed E-state index contributed by atoms with van der Waals surface area (Å²) in [5.41, 5.74) is 8.12. The van der Waals surface area contributed by atoms with Gasteiger partial charge < -0.3 is 20.8 Å². The lowest BCUT2D eigenvalue weighted by Gasteiger charge is -2.35. The van der Waals surface area contributed by atoms with Crippen molar-refractivity contribution in [2.45, 2.75) is 12.6 Å². The van der Waals surface area contributed by atoms with E-state index >= 15 is 0 Å². The van der Waals surface area contributed by atoms with Crippen molar-refractivity contribution in [3.05, 3.63) is 58.0 Å². The second-order valence-corrected chi connectivity index (χ2v) is 6.43. The molecular formula is C18H18N4O3. The van der Waals surface area contributed by atoms with E-state index in [-0.39, 0.29) is 17.4 Å². The zero-order valence-corrected chi connectivity index (χ0v) is 13.5. The first-order chi connectivity index (χ1) is 12.0. The molecule has 4 rings (SSSR count). The molecule has 1 aliphatic heterocycles. The normalized spacial score (nSPS) is 15.4. The minimum absolute atomic E-state index is 0.0869. The molecular weight excluding hydrogens is 320 g/mol. The molecule has 1 amide bonds. The van der Waals surface area contributed by atoms with Gasteiger partial charge in [-0.15, -0.1) is 0 Å². The molecule has 25 heavy (non-hydrogen) atoms. The number of hydrogen-bond acceptors (Lipinski definition) is 4. The number of pyridine rings is 1. The number of aromatic nitrogens is 2. The number of β-amino-alcohol motifs (C(OH)–C–C–N with tert-alkyl or cyclic N) is 1. The topological polar surface area (TPSA) is 115 Å². The first-order valence-electron chi connectivity index (χ1n) is 8.05. The number of benzene rings is 1. The molecule has 2 aromatic heterocycles. The Hall–Kier alpha value is -2.90. The summed E-state index contributed by atoms with van der Waals surface area (Å²) in [5.74, 6) is -0.666. The Morgan fingerprint density at radius 2 is 2.00 bits per heavy atom. The SMILES string of the molecule is NC(=O)c1ccc(-c2cc3cc(CN4CC(O)C4)ccc3[nH]2)c(=O)[nH]1. The number of nitrogens with one attached hydrogen (secondary N) is 2. The summed E-state index contributed by atoms with van der Waals surface area (Å²) in [6.45, 7) is 2.21. The van der Waals surface area contributed by atoms with Crippen molar-refractivity contribution in [3.8, 4) is 11.3 Å². The number of aromatic amines is 2. The lowest BCUT2D eigenvalue weighted by Crippen LogP contribution is -2.49. The molecule has 0 radical (unpaired) electrons. The Bertz CT molecular complexity index is 1010. The average molecular weight is 338 g/mol. The summed E-state index contributed by atoms with van der Waals surface area (Å²) in [5, 5.41) is 10.4. The number of nitrogens with zero attached hydrogens (tertiary/aromatic N) is 1. The van der Waals surface area contributed by atoms with Gasteiger partial charge in [-0.1, -0.05) is 6.07 Å². The van der Waals surface area contributed by atoms with Crippen LogP contribution in [0.15, 0.2) is 41.2 Å². The number of rotatable bonds is 4. The number of likely N-dealkylation sites (tertiary alicyclic amines) is 1. The summed E-state index contributed by atoms with van der Waals surface area (Å²) in [6, 6.07) is 11.1. The van der Waals surface area contributed by atoms with E-state index in [9.17, 15) is 14.7 Å². The fraction of sp³-hybridized carbons (Fsp3) is 0.222. The fourth-order valence-corrected chi connectivity index (χ4v) is 3.18. The zero-order valence-electron chi connectivity index (χ0n) is 13.5. The van der Waals surface area contributed by atoms with E-state index in [2.05, 4.69) is 20.9 Å². The molecule has 3 aromatic rings. The number of carbonyl (C=O) groups excluding carboxylic acids is 1. The third kappa shape index (κ3) is 2.95. The molecule has 0 spiro atoms. The third-order valence-corrected chi connectivity index (χ3v) is 4.49. The zero-order chi connectivity index (χ0) is 17.6. The lowest BCUT2D eigenvalue weighted by atomic mass is 10.1. The predicted molar refractivity (Wildman–Crippen MR) is 94.2 cm³/mol. The van der Waals surface area contributed by atoms with Gasteiger partial charge in [0.1, 0.15) is 5.69 Å². The number of H-pyrrole nitrogens is 2. The van der Waals surface area contributed by atoms with E-state index in [1.165, 1.54) is 6.07 Å². The highest BCUT2D eigenvalue weighted by Crippen LogP contribution is 2.24. The minimum Gasteiger partial charge on any atom is -0.390 e. The van der Waals surface area contributed by atoms with Gasteiger partial charge in [-0.25, -0.2) is 0 Å². The van der Waals surface area contributed by atoms with Gasteiger partial charge in [0, 0.05) is 30.5 Å². The van der Waals surface area contributed by atoms with Crippen molar-refractivity contribution < 1.29 is 9.90 Å². The number of aliphatic hydroxyl groups excluding tert-OH is 1. The lowest BCUT2D eigenvalue weighted by molar-refractivity contribution is -0.00284. The van der Waals surface area contributed by atoms with E-state index in [4.69, 9.17) is 5.73 Å². The second kappa shape index (κ2) is 5.87. The van der Waals surface area contributed by atoms with Crippen molar-refractivity contribution in [3.63, 3.8) is 0 Å². The predicted octanol–water partition coefficient (Wildman–Crippen LogP) is 0.799. The molecule has 5 N–H and O–H groups in total. The molecule has 1 aromatic carbocycles. The van der Waals surface area contributed by atoms with E-state index in [1.807, 2.05) is 18.2 Å². The number of aliphatic hydroxyl groups is 1. The van der Waals surface area contributed by atoms with Crippen LogP contribution in [0.2, 0.25) is 0 Å². The van der Waals surface area contributed by atoms with Gasteiger partial charge in [-0.2, -0.15) is 0 Å². The van der Waals surface area contributed by atoms with Crippen LogP contribution in [0.25, 0.3) is 22.2 Å². The largest absolute Gasteiger partial charge is 0.390 e. The highest BCUT2D eigenvalue weighted by atomic mass is 16.3. The maximum Gasteiger partial charge on any atom is 0.265 e. The number of primary amides is 1. The number of carbonyl (C=O) groups is 1. The first kappa shape index (κ1) is 15.6. The highest BCUT2D eigenvalue weighted by Gasteiger charge is 2.24. The average Bonchev–Trinajstić information content (AvgIpc) is 2.96. The number of amides is 1. The fourth-order valence-electron chi connectivity index (χ4n) is 3.18. The maximum atomic E-state index is 12.2. The van der Waals surface area contributed by atoms with Crippen LogP contribution >= 0.6 is 0 Å². The summed E-state index contributed by atoms with van der Waals surface area (Å²) >= 11 is 0. The van der Waals surface area contributed by atoms with Gasteiger partial charge in [-0.3, -0.25) is 14.5 Å². The Labute approximate surface area is 143 Å². The molecule has 128 valence electrons. The number of nitrogens with two attached hydrogens (primary N) is 1. The summed E-state index contributed by atoms with van der Waals surface area (Å²) in [4.78, 5) is 31.2. The van der Waals surface area contributed by atoms with Crippen molar-refractivity contribution >= 4 is 16.8 Å². The van der Waals surface area contributed by atoms with Crippen molar-refractivity contribution in [2.24, 2.45) is 5.73 Å². The van der Waals surface area contributed by atoms with E-state index in [1.54, 1.807) is 6.07 Å². The standard InChI is InChI=1S/C18H18N4O3/c19-17(24)15-4-2-13(18(25)21-15)16-6-11-5-10(1-3-14(11)20-16)7-22-8-12(23)9-22/h1-6,12,20,23H,7-9H2,(H2,19,24)(H,21,25). The van der Waals surface area contributed by atoms with Gasteiger partial charge in [0.25, 0.3) is 11.5 Å². The van der Waals surface area contributed by atoms with E-state index in [0.29, 0.717) is 24.3 Å². The quantitative estimate of drug-likeness (QED) is 0.563. The molecule has 0 unspecified atom stereocenters. The molecule has 7 nitrogen and oxygen atoms in total. The van der Waals surface area contributed by atoms with Crippen LogP contribution in [0.3, 0.4) is 0 Å². The smallest absolute Gasteiger partial charge is 0.265 e. The van der Waals surface area contributed by atoms with Gasteiger partial charge in [0.2, 0.25) is 0 Å². The van der Waals surface area contributed by atoms with Crippen LogP contribution in [-0.2, 0) is 6.54 Å². The molecule has 3 heterocycles. The highest BCUT2D eigenvalue weighted by molar-refractivity contribution is 5.91. The van der Waals surface area contributed by atoms with E-state index in [0.717, 1.165) is 23.0 Å². The summed E-state index contributed by atoms with van der Waals surface area (Å²) < 4.78 is 0. The summed E-state index contributed by atoms with van der Waals surface area (Å²) in [6.07, 6.45) is -0.210. The number of fused-ring (bicyclic) bond motifs is 1. The second-order valence-electron chi connectivity index (χ2n) is 6.43. The Balaban J connectivity index is 1.65. The monoisotopic (exact) mass is 338 g/mol. The van der Waals surface area contributed by atoms with Crippen LogP contribution < -0.4 is 11.3 Å². The van der Waals surface area contributed by atoms with Crippen molar-refractivity contribution in [2.75, 3.05) is 13.1 Å². The van der Waals surface area contributed by atoms with Crippen LogP contribution in [0, 0.1) is 0 Å². The molecule has 1 aliphatic rings. The minimum atomic E-state index is -0.666. The first-order valence-corrected chi connectivity index (χ1v) is 8.05. The third-order valence-electron chi connectivity index (χ3n) is 4.49. The van der Waals surface area contributed by atoms with Gasteiger partial charge in [-0.05, 0) is 35.9 Å². The van der Waals surface area contributed by atoms with Crippen LogP contribution in [0.5, 0.6) is 0 Å². The molecule has 1 saturated heterocycles. The molecule has 0 saturated carbocycles. The Morgan fingerprint density at radius 3 is 2.68 bits per heavy atom. The van der Waals surface area contributed by atoms with E-state index < -0.39 is 5.91 Å². The van der Waals surface area contributed by atoms with Crippen LogP contribution in [0.4, 0.5) is 0 Å². The summed E-state index contributed by atoms with van der Waals surface area (Å²) in [7, 11) is 0.